The van der Waals surface area contributed by atoms with Gasteiger partial charge in [0.1, 0.15) is 17.4 Å². The van der Waals surface area contributed by atoms with Crippen molar-refractivity contribution < 1.29 is 14.3 Å². The largest absolute Gasteiger partial charge is 0.423 e. The predicted molar refractivity (Wildman–Crippen MR) is 119 cm³/mol. The molecule has 30 heavy (non-hydrogen) atoms. The van der Waals surface area contributed by atoms with Gasteiger partial charge in [-0.2, -0.15) is 5.26 Å². The summed E-state index contributed by atoms with van der Waals surface area (Å²) in [5, 5.41) is 12.1. The molecule has 1 amide bonds. The average molecular weight is 461 g/mol. The zero-order valence-corrected chi connectivity index (χ0v) is 17.6. The van der Waals surface area contributed by atoms with Crippen LogP contribution in [-0.2, 0) is 4.79 Å². The molecule has 148 valence electrons. The number of nitriles is 1. The van der Waals surface area contributed by atoms with E-state index in [1.54, 1.807) is 54.6 Å². The van der Waals surface area contributed by atoms with Crippen molar-refractivity contribution in [3.8, 4) is 11.8 Å². The molecule has 0 aliphatic heterocycles. The predicted octanol–water partition coefficient (Wildman–Crippen LogP) is 5.52. The molecule has 5 nitrogen and oxygen atoms in total. The van der Waals surface area contributed by atoms with Gasteiger partial charge in [-0.15, -0.1) is 0 Å². The molecule has 0 unspecified atom stereocenters. The molecule has 6 heteroatoms. The molecule has 3 aromatic rings. The number of rotatable bonds is 5. The van der Waals surface area contributed by atoms with E-state index in [9.17, 15) is 14.9 Å². The second-order valence-electron chi connectivity index (χ2n) is 6.46. The molecule has 0 bridgehead atoms. The number of anilines is 1. The summed E-state index contributed by atoms with van der Waals surface area (Å²) >= 11 is 3.32. The first kappa shape index (κ1) is 21.0. The van der Waals surface area contributed by atoms with Crippen LogP contribution in [0.4, 0.5) is 5.69 Å². The van der Waals surface area contributed by atoms with Crippen molar-refractivity contribution >= 4 is 39.6 Å². The average Bonchev–Trinajstić information content (AvgIpc) is 2.73. The molecule has 0 aliphatic rings. The van der Waals surface area contributed by atoms with E-state index in [4.69, 9.17) is 4.74 Å². The first-order valence-electron chi connectivity index (χ1n) is 9.02. The van der Waals surface area contributed by atoms with Crippen molar-refractivity contribution in [3.05, 3.63) is 99.5 Å². The topological polar surface area (TPSA) is 79.2 Å². The van der Waals surface area contributed by atoms with Gasteiger partial charge in [-0.1, -0.05) is 40.2 Å². The molecule has 0 atom stereocenters. The molecule has 1 N–H and O–H groups in total. The summed E-state index contributed by atoms with van der Waals surface area (Å²) in [6.07, 6.45) is 1.48. The van der Waals surface area contributed by atoms with Gasteiger partial charge in [0.05, 0.1) is 5.56 Å². The van der Waals surface area contributed by atoms with Crippen molar-refractivity contribution in [2.24, 2.45) is 0 Å². The van der Waals surface area contributed by atoms with Crippen LogP contribution in [0.5, 0.6) is 5.75 Å². The van der Waals surface area contributed by atoms with Gasteiger partial charge in [0.25, 0.3) is 5.91 Å². The minimum atomic E-state index is -0.492. The Morgan fingerprint density at radius 2 is 1.73 bits per heavy atom. The van der Waals surface area contributed by atoms with Crippen molar-refractivity contribution in [2.75, 3.05) is 5.32 Å². The van der Waals surface area contributed by atoms with Crippen LogP contribution in [0.1, 0.15) is 21.5 Å². The standard InChI is InChI=1S/C24H17BrN2O3/c1-16-3-2-4-21(13-16)27-23(28)19(15-26)14-17-5-11-22(12-6-17)30-24(29)18-7-9-20(25)10-8-18/h2-14H,1H3,(H,27,28)/b19-14+. The van der Waals surface area contributed by atoms with Crippen LogP contribution < -0.4 is 10.1 Å². The summed E-state index contributed by atoms with van der Waals surface area (Å²) in [5.41, 5.74) is 2.66. The van der Waals surface area contributed by atoms with E-state index < -0.39 is 11.9 Å². The number of hydrogen-bond donors (Lipinski definition) is 1. The SMILES string of the molecule is Cc1cccc(NC(=O)/C(C#N)=C/c2ccc(OC(=O)c3ccc(Br)cc3)cc2)c1. The highest BCUT2D eigenvalue weighted by Gasteiger charge is 2.11. The maximum Gasteiger partial charge on any atom is 0.343 e. The number of amides is 1. The van der Waals surface area contributed by atoms with E-state index in [1.165, 1.54) is 6.08 Å². The molecule has 3 aromatic carbocycles. The van der Waals surface area contributed by atoms with Gasteiger partial charge in [0, 0.05) is 10.2 Å². The number of carbonyl (C=O) groups excluding carboxylic acids is 2. The number of carbonyl (C=O) groups is 2. The number of nitrogens with one attached hydrogen (secondary N) is 1. The third-order valence-electron chi connectivity index (χ3n) is 4.12. The third kappa shape index (κ3) is 5.66. The molecule has 0 fully saturated rings. The zero-order valence-electron chi connectivity index (χ0n) is 16.1. The zero-order chi connectivity index (χ0) is 21.5. The summed E-state index contributed by atoms with van der Waals surface area (Å²) in [7, 11) is 0. The van der Waals surface area contributed by atoms with E-state index in [1.807, 2.05) is 31.2 Å². The Labute approximate surface area is 182 Å². The second kappa shape index (κ2) is 9.68. The number of benzene rings is 3. The molecular formula is C24H17BrN2O3. The van der Waals surface area contributed by atoms with E-state index in [0.717, 1.165) is 10.0 Å². The van der Waals surface area contributed by atoms with Gasteiger partial charge in [-0.25, -0.2) is 4.79 Å². The quantitative estimate of drug-likeness (QED) is 0.235. The molecule has 0 heterocycles. The Morgan fingerprint density at radius 3 is 2.37 bits per heavy atom. The first-order chi connectivity index (χ1) is 14.4. The number of ether oxygens (including phenoxy) is 1. The summed E-state index contributed by atoms with van der Waals surface area (Å²) in [6.45, 7) is 1.92. The molecule has 0 aromatic heterocycles. The normalized spacial score (nSPS) is 10.8. The van der Waals surface area contributed by atoms with Crippen molar-refractivity contribution in [1.29, 1.82) is 5.26 Å². The molecule has 0 saturated heterocycles. The number of nitrogens with zero attached hydrogens (tertiary/aromatic N) is 1. The van der Waals surface area contributed by atoms with Crippen LogP contribution in [0.15, 0.2) is 82.8 Å². The number of aryl methyl sites for hydroxylation is 1. The number of hydrogen-bond acceptors (Lipinski definition) is 4. The number of esters is 1. The van der Waals surface area contributed by atoms with Crippen molar-refractivity contribution in [2.45, 2.75) is 6.92 Å². The van der Waals surface area contributed by atoms with E-state index in [0.29, 0.717) is 22.6 Å². The minimum Gasteiger partial charge on any atom is -0.423 e. The monoisotopic (exact) mass is 460 g/mol. The second-order valence-corrected chi connectivity index (χ2v) is 7.37. The van der Waals surface area contributed by atoms with E-state index >= 15 is 0 Å². The Hall–Kier alpha value is -3.69. The van der Waals surface area contributed by atoms with Gasteiger partial charge >= 0.3 is 5.97 Å². The molecule has 0 spiro atoms. The highest BCUT2D eigenvalue weighted by Crippen LogP contribution is 2.18. The van der Waals surface area contributed by atoms with Gasteiger partial charge in [-0.05, 0) is 72.7 Å². The first-order valence-corrected chi connectivity index (χ1v) is 9.81. The molecule has 0 radical (unpaired) electrons. The van der Waals surface area contributed by atoms with Crippen LogP contribution in [0.2, 0.25) is 0 Å². The van der Waals surface area contributed by atoms with Crippen LogP contribution in [-0.4, -0.2) is 11.9 Å². The van der Waals surface area contributed by atoms with Crippen LogP contribution >= 0.6 is 15.9 Å². The van der Waals surface area contributed by atoms with Crippen LogP contribution in [0, 0.1) is 18.3 Å². The highest BCUT2D eigenvalue weighted by atomic mass is 79.9. The summed E-state index contributed by atoms with van der Waals surface area (Å²) in [4.78, 5) is 24.6. The molecule has 3 rings (SSSR count). The van der Waals surface area contributed by atoms with Crippen LogP contribution in [0.3, 0.4) is 0 Å². The lowest BCUT2D eigenvalue weighted by Gasteiger charge is -2.06. The third-order valence-corrected chi connectivity index (χ3v) is 4.65. The lowest BCUT2D eigenvalue weighted by Crippen LogP contribution is -2.13. The Balaban J connectivity index is 1.68. The summed E-state index contributed by atoms with van der Waals surface area (Å²) in [6, 6.07) is 22.6. The van der Waals surface area contributed by atoms with Gasteiger partial charge in [0.2, 0.25) is 0 Å². The lowest BCUT2D eigenvalue weighted by atomic mass is 10.1. The highest BCUT2D eigenvalue weighted by molar-refractivity contribution is 9.10. The smallest absolute Gasteiger partial charge is 0.343 e. The molecule has 0 saturated carbocycles. The fraction of sp³-hybridized carbons (Fsp3) is 0.0417. The minimum absolute atomic E-state index is 0.0314. The number of halogens is 1. The maximum absolute atomic E-state index is 12.4. The van der Waals surface area contributed by atoms with Crippen LogP contribution in [0.25, 0.3) is 6.08 Å². The van der Waals surface area contributed by atoms with Gasteiger partial charge in [0.15, 0.2) is 0 Å². The lowest BCUT2D eigenvalue weighted by molar-refractivity contribution is -0.112. The fourth-order valence-electron chi connectivity index (χ4n) is 2.62. The van der Waals surface area contributed by atoms with Crippen molar-refractivity contribution in [1.82, 2.24) is 0 Å². The van der Waals surface area contributed by atoms with E-state index in [2.05, 4.69) is 21.2 Å². The summed E-state index contributed by atoms with van der Waals surface area (Å²) in [5.74, 6) is -0.599. The Kier molecular flexibility index (Phi) is 6.79. The van der Waals surface area contributed by atoms with E-state index in [-0.39, 0.29) is 5.57 Å². The van der Waals surface area contributed by atoms with Crippen molar-refractivity contribution in [3.63, 3.8) is 0 Å². The fourth-order valence-corrected chi connectivity index (χ4v) is 2.88. The molecular weight excluding hydrogens is 444 g/mol. The summed E-state index contributed by atoms with van der Waals surface area (Å²) < 4.78 is 6.22. The maximum atomic E-state index is 12.4. The van der Waals surface area contributed by atoms with Gasteiger partial charge < -0.3 is 10.1 Å². The Bertz CT molecular complexity index is 1140. The Morgan fingerprint density at radius 1 is 1.03 bits per heavy atom. The van der Waals surface area contributed by atoms with Gasteiger partial charge in [-0.3, -0.25) is 4.79 Å². The molecule has 0 aliphatic carbocycles.